The average Bonchev–Trinajstić information content (AvgIpc) is 2.64. The van der Waals surface area contributed by atoms with E-state index in [-0.39, 0.29) is 18.1 Å². The van der Waals surface area contributed by atoms with E-state index in [1.807, 2.05) is 6.92 Å². The number of hydrogen-bond donors (Lipinski definition) is 1. The molecular formula is C6H11N3O. The summed E-state index contributed by atoms with van der Waals surface area (Å²) in [4.78, 5) is 2.68. The van der Waals surface area contributed by atoms with Gasteiger partial charge in [0.15, 0.2) is 0 Å². The third kappa shape index (κ3) is 1.23. The van der Waals surface area contributed by atoms with Gasteiger partial charge in [-0.15, -0.1) is 0 Å². The van der Waals surface area contributed by atoms with Crippen molar-refractivity contribution in [2.24, 2.45) is 10.5 Å². The maximum Gasteiger partial charge on any atom is 0.0659 e. The van der Waals surface area contributed by atoms with E-state index in [2.05, 4.69) is 10.0 Å². The molecule has 0 radical (unpaired) electrons. The molecule has 0 amide bonds. The maximum absolute atomic E-state index is 8.77. The van der Waals surface area contributed by atoms with Crippen LogP contribution >= 0.6 is 0 Å². The third-order valence-electron chi connectivity index (χ3n) is 2.21. The first-order valence-corrected chi connectivity index (χ1v) is 3.38. The molecule has 0 saturated heterocycles. The fourth-order valence-electron chi connectivity index (χ4n) is 0.989. The van der Waals surface area contributed by atoms with Crippen LogP contribution in [0.4, 0.5) is 0 Å². The molecular weight excluding hydrogens is 130 g/mol. The number of rotatable bonds is 3. The first kappa shape index (κ1) is 7.38. The van der Waals surface area contributed by atoms with E-state index < -0.39 is 0 Å². The van der Waals surface area contributed by atoms with E-state index in [1.165, 1.54) is 0 Å². The van der Waals surface area contributed by atoms with Crippen molar-refractivity contribution in [1.82, 2.24) is 0 Å². The number of aliphatic hydroxyl groups excluding tert-OH is 1. The summed E-state index contributed by atoms with van der Waals surface area (Å²) < 4.78 is 0. The number of azide groups is 1. The van der Waals surface area contributed by atoms with Crippen LogP contribution in [0.5, 0.6) is 0 Å². The highest BCUT2D eigenvalue weighted by Crippen LogP contribution is 2.49. The summed E-state index contributed by atoms with van der Waals surface area (Å²) in [6.07, 6.45) is 2.13. The fraction of sp³-hybridized carbons (Fsp3) is 1.00. The van der Waals surface area contributed by atoms with Crippen LogP contribution in [0.2, 0.25) is 0 Å². The zero-order valence-corrected chi connectivity index (χ0v) is 5.99. The van der Waals surface area contributed by atoms with E-state index in [4.69, 9.17) is 10.6 Å². The molecule has 1 rings (SSSR count). The second-order valence-electron chi connectivity index (χ2n) is 3.06. The topological polar surface area (TPSA) is 69.0 Å². The highest BCUT2D eigenvalue weighted by molar-refractivity contribution is 4.98. The van der Waals surface area contributed by atoms with Crippen molar-refractivity contribution in [1.29, 1.82) is 0 Å². The molecule has 1 aliphatic carbocycles. The van der Waals surface area contributed by atoms with E-state index in [0.717, 1.165) is 12.8 Å². The molecule has 0 heterocycles. The summed E-state index contributed by atoms with van der Waals surface area (Å²) in [6.45, 7) is 2.00. The van der Waals surface area contributed by atoms with E-state index in [9.17, 15) is 0 Å². The Hall–Kier alpha value is -0.730. The van der Waals surface area contributed by atoms with Gasteiger partial charge in [0, 0.05) is 4.91 Å². The lowest BCUT2D eigenvalue weighted by Crippen LogP contribution is -2.20. The Morgan fingerprint density at radius 3 is 2.70 bits per heavy atom. The third-order valence-corrected chi connectivity index (χ3v) is 2.21. The van der Waals surface area contributed by atoms with Gasteiger partial charge in [-0.3, -0.25) is 0 Å². The Kier molecular flexibility index (Phi) is 1.83. The number of hydrogen-bond acceptors (Lipinski definition) is 2. The highest BCUT2D eigenvalue weighted by Gasteiger charge is 2.43. The summed E-state index contributed by atoms with van der Waals surface area (Å²) >= 11 is 0. The molecule has 0 bridgehead atoms. The highest BCUT2D eigenvalue weighted by atomic mass is 16.3. The van der Waals surface area contributed by atoms with Crippen LogP contribution in [0.1, 0.15) is 19.8 Å². The lowest BCUT2D eigenvalue weighted by molar-refractivity contribution is 0.224. The summed E-state index contributed by atoms with van der Waals surface area (Å²) in [5.74, 6) is 0. The average molecular weight is 141 g/mol. The van der Waals surface area contributed by atoms with E-state index >= 15 is 0 Å². The Balaban J connectivity index is 2.56. The summed E-state index contributed by atoms with van der Waals surface area (Å²) in [6, 6.07) is -0.211. The smallest absolute Gasteiger partial charge is 0.0659 e. The normalized spacial score (nSPS) is 23.0. The molecule has 0 spiro atoms. The van der Waals surface area contributed by atoms with Crippen molar-refractivity contribution in [3.8, 4) is 0 Å². The molecule has 0 aromatic heterocycles. The molecule has 0 aromatic carbocycles. The summed E-state index contributed by atoms with van der Waals surface area (Å²) in [5, 5.41) is 12.3. The minimum absolute atomic E-state index is 0.0272. The molecule has 0 aliphatic heterocycles. The molecule has 1 aliphatic rings. The van der Waals surface area contributed by atoms with Gasteiger partial charge < -0.3 is 5.11 Å². The molecule has 1 atom stereocenters. The van der Waals surface area contributed by atoms with Crippen molar-refractivity contribution in [2.45, 2.75) is 25.8 Å². The second-order valence-corrected chi connectivity index (χ2v) is 3.06. The zero-order chi connectivity index (χ0) is 7.61. The van der Waals surface area contributed by atoms with Gasteiger partial charge in [0.25, 0.3) is 0 Å². The zero-order valence-electron chi connectivity index (χ0n) is 5.99. The molecule has 4 heteroatoms. The second kappa shape index (κ2) is 2.48. The SMILES string of the molecule is CC1(C(CO)N=[N+]=[N-])CC1. The Morgan fingerprint density at radius 2 is 2.40 bits per heavy atom. The van der Waals surface area contributed by atoms with Gasteiger partial charge in [-0.2, -0.15) is 0 Å². The monoisotopic (exact) mass is 141 g/mol. The molecule has 1 fully saturated rings. The van der Waals surface area contributed by atoms with Crippen LogP contribution in [0.15, 0.2) is 5.11 Å². The van der Waals surface area contributed by atoms with Crippen molar-refractivity contribution in [3.63, 3.8) is 0 Å². The number of aliphatic hydroxyl groups is 1. The van der Waals surface area contributed by atoms with Crippen LogP contribution in [0.25, 0.3) is 10.4 Å². The van der Waals surface area contributed by atoms with E-state index in [0.29, 0.717) is 0 Å². The van der Waals surface area contributed by atoms with Crippen LogP contribution in [0, 0.1) is 5.41 Å². The largest absolute Gasteiger partial charge is 0.396 e. The Labute approximate surface area is 59.5 Å². The van der Waals surface area contributed by atoms with Gasteiger partial charge in [-0.1, -0.05) is 12.0 Å². The minimum Gasteiger partial charge on any atom is -0.396 e. The fourth-order valence-corrected chi connectivity index (χ4v) is 0.989. The molecule has 1 N–H and O–H groups in total. The molecule has 1 saturated carbocycles. The van der Waals surface area contributed by atoms with Crippen molar-refractivity contribution in [2.75, 3.05) is 6.61 Å². The summed E-state index contributed by atoms with van der Waals surface area (Å²) in [5.41, 5.74) is 8.20. The first-order valence-electron chi connectivity index (χ1n) is 3.38. The lowest BCUT2D eigenvalue weighted by Gasteiger charge is -2.13. The van der Waals surface area contributed by atoms with E-state index in [1.54, 1.807) is 0 Å². The molecule has 0 aromatic rings. The Bertz CT molecular complexity index is 170. The lowest BCUT2D eigenvalue weighted by atomic mass is 10.0. The van der Waals surface area contributed by atoms with Gasteiger partial charge in [0.05, 0.1) is 12.6 Å². The standard InChI is InChI=1S/C6H11N3O/c1-6(2-3-6)5(4-10)8-9-7/h5,10H,2-4H2,1H3. The van der Waals surface area contributed by atoms with Gasteiger partial charge in [0.1, 0.15) is 0 Å². The molecule has 4 nitrogen and oxygen atoms in total. The van der Waals surface area contributed by atoms with Crippen LogP contribution in [-0.2, 0) is 0 Å². The molecule has 10 heavy (non-hydrogen) atoms. The molecule has 56 valence electrons. The predicted molar refractivity (Wildman–Crippen MR) is 37.4 cm³/mol. The van der Waals surface area contributed by atoms with Crippen molar-refractivity contribution in [3.05, 3.63) is 10.4 Å². The Morgan fingerprint density at radius 1 is 1.80 bits per heavy atom. The first-order chi connectivity index (χ1) is 4.73. The minimum atomic E-state index is -0.211. The van der Waals surface area contributed by atoms with Gasteiger partial charge in [0.2, 0.25) is 0 Å². The van der Waals surface area contributed by atoms with Crippen molar-refractivity contribution < 1.29 is 5.11 Å². The van der Waals surface area contributed by atoms with Crippen LogP contribution < -0.4 is 0 Å². The summed E-state index contributed by atoms with van der Waals surface area (Å²) in [7, 11) is 0. The van der Waals surface area contributed by atoms with Crippen molar-refractivity contribution >= 4 is 0 Å². The van der Waals surface area contributed by atoms with Crippen LogP contribution in [-0.4, -0.2) is 17.8 Å². The van der Waals surface area contributed by atoms with Gasteiger partial charge in [-0.25, -0.2) is 0 Å². The quantitative estimate of drug-likeness (QED) is 0.361. The predicted octanol–water partition coefficient (Wildman–Crippen LogP) is 1.46. The van der Waals surface area contributed by atoms with Gasteiger partial charge in [-0.05, 0) is 23.8 Å². The molecule has 1 unspecified atom stereocenters. The number of nitrogens with zero attached hydrogens (tertiary/aromatic N) is 3. The van der Waals surface area contributed by atoms with Crippen LogP contribution in [0.3, 0.4) is 0 Å². The maximum atomic E-state index is 8.77. The van der Waals surface area contributed by atoms with Gasteiger partial charge >= 0.3 is 0 Å².